The van der Waals surface area contributed by atoms with Crippen molar-refractivity contribution in [1.29, 1.82) is 0 Å². The van der Waals surface area contributed by atoms with Crippen molar-refractivity contribution in [3.8, 4) is 0 Å². The first-order chi connectivity index (χ1) is 7.45. The summed E-state index contributed by atoms with van der Waals surface area (Å²) in [5.41, 5.74) is 4.01. The summed E-state index contributed by atoms with van der Waals surface area (Å²) < 4.78 is 0. The van der Waals surface area contributed by atoms with E-state index < -0.39 is 0 Å². The quantitative estimate of drug-likeness (QED) is 0.697. The van der Waals surface area contributed by atoms with Crippen LogP contribution in [0.25, 0.3) is 0 Å². The summed E-state index contributed by atoms with van der Waals surface area (Å²) in [5, 5.41) is 0. The zero-order chi connectivity index (χ0) is 10.1. The molecule has 0 radical (unpaired) electrons. The summed E-state index contributed by atoms with van der Waals surface area (Å²) in [6, 6.07) is 12.7. The van der Waals surface area contributed by atoms with E-state index in [4.69, 9.17) is 0 Å². The van der Waals surface area contributed by atoms with Crippen LogP contribution in [-0.2, 0) is 6.42 Å². The molecule has 2 aromatic rings. The third-order valence-corrected chi connectivity index (χ3v) is 2.86. The highest BCUT2D eigenvalue weighted by Crippen LogP contribution is 2.33. The lowest BCUT2D eigenvalue weighted by atomic mass is 10.2. The molecule has 74 valence electrons. The fourth-order valence-corrected chi connectivity index (χ4v) is 2.13. The van der Waals surface area contributed by atoms with Gasteiger partial charge in [-0.3, -0.25) is 4.98 Å². The molecule has 1 aromatic carbocycles. The maximum Gasteiger partial charge on any atom is 0.0444 e. The summed E-state index contributed by atoms with van der Waals surface area (Å²) >= 11 is 0. The summed E-state index contributed by atoms with van der Waals surface area (Å²) in [7, 11) is 0. The number of pyridine rings is 1. The fraction of sp³-hybridized carbons (Fsp3) is 0.154. The molecule has 0 amide bonds. The molecule has 2 heteroatoms. The average Bonchev–Trinajstić information content (AvgIpc) is 2.74. The number of nitrogens with zero attached hydrogens (tertiary/aromatic N) is 2. The minimum atomic E-state index is 1.07. The second-order valence-corrected chi connectivity index (χ2v) is 3.74. The van der Waals surface area contributed by atoms with Crippen molar-refractivity contribution in [2.75, 3.05) is 11.4 Å². The molecule has 1 aliphatic rings. The molecule has 0 fully saturated rings. The van der Waals surface area contributed by atoms with Crippen LogP contribution in [0.1, 0.15) is 5.56 Å². The fourth-order valence-electron chi connectivity index (χ4n) is 2.13. The predicted octanol–water partition coefficient (Wildman–Crippen LogP) is 2.78. The molecule has 0 atom stereocenters. The lowest BCUT2D eigenvalue weighted by molar-refractivity contribution is 0.996. The van der Waals surface area contributed by atoms with E-state index in [1.807, 2.05) is 12.4 Å². The largest absolute Gasteiger partial charge is 0.341 e. The standard InChI is InChI=1S/C13H12N2/c1-2-4-13-11(3-1)7-10-15(13)12-5-8-14-9-6-12/h1-6,8-9H,7,10H2. The highest BCUT2D eigenvalue weighted by molar-refractivity contribution is 5.69. The van der Waals surface area contributed by atoms with Gasteiger partial charge in [0.05, 0.1) is 0 Å². The lowest BCUT2D eigenvalue weighted by Gasteiger charge is -2.18. The molecule has 0 aliphatic carbocycles. The van der Waals surface area contributed by atoms with Crippen molar-refractivity contribution in [2.45, 2.75) is 6.42 Å². The SMILES string of the molecule is c1ccc2c(c1)CCN2c1ccncc1. The third-order valence-electron chi connectivity index (χ3n) is 2.86. The van der Waals surface area contributed by atoms with E-state index in [1.54, 1.807) is 0 Å². The van der Waals surface area contributed by atoms with Crippen molar-refractivity contribution < 1.29 is 0 Å². The molecule has 0 bridgehead atoms. The van der Waals surface area contributed by atoms with Gasteiger partial charge in [-0.2, -0.15) is 0 Å². The lowest BCUT2D eigenvalue weighted by Crippen LogP contribution is -2.12. The third kappa shape index (κ3) is 1.38. The van der Waals surface area contributed by atoms with Gasteiger partial charge in [-0.05, 0) is 30.2 Å². The topological polar surface area (TPSA) is 16.1 Å². The number of benzene rings is 1. The van der Waals surface area contributed by atoms with E-state index in [2.05, 4.69) is 46.3 Å². The Bertz CT molecular complexity index is 465. The molecule has 3 rings (SSSR count). The molecule has 0 N–H and O–H groups in total. The van der Waals surface area contributed by atoms with Crippen LogP contribution >= 0.6 is 0 Å². The minimum absolute atomic E-state index is 1.07. The Morgan fingerprint density at radius 1 is 1.00 bits per heavy atom. The Labute approximate surface area is 89.2 Å². The van der Waals surface area contributed by atoms with Crippen molar-refractivity contribution in [3.05, 3.63) is 54.4 Å². The van der Waals surface area contributed by atoms with Crippen LogP contribution in [0, 0.1) is 0 Å². The number of hydrogen-bond donors (Lipinski definition) is 0. The van der Waals surface area contributed by atoms with Gasteiger partial charge < -0.3 is 4.90 Å². The van der Waals surface area contributed by atoms with Crippen LogP contribution < -0.4 is 4.90 Å². The molecule has 15 heavy (non-hydrogen) atoms. The highest BCUT2D eigenvalue weighted by Gasteiger charge is 2.18. The Hall–Kier alpha value is -1.83. The van der Waals surface area contributed by atoms with Gasteiger partial charge in [-0.25, -0.2) is 0 Å². The number of anilines is 2. The number of rotatable bonds is 1. The average molecular weight is 196 g/mol. The Morgan fingerprint density at radius 2 is 1.80 bits per heavy atom. The molecule has 0 saturated carbocycles. The van der Waals surface area contributed by atoms with Gasteiger partial charge in [0.2, 0.25) is 0 Å². The second kappa shape index (κ2) is 3.39. The summed E-state index contributed by atoms with van der Waals surface area (Å²) in [6.07, 6.45) is 4.82. The molecule has 0 saturated heterocycles. The van der Waals surface area contributed by atoms with E-state index in [0.717, 1.165) is 13.0 Å². The van der Waals surface area contributed by atoms with Gasteiger partial charge >= 0.3 is 0 Å². The van der Waals surface area contributed by atoms with Gasteiger partial charge in [0.15, 0.2) is 0 Å². The number of aromatic nitrogens is 1. The van der Waals surface area contributed by atoms with Crippen molar-refractivity contribution in [2.24, 2.45) is 0 Å². The summed E-state index contributed by atoms with van der Waals surface area (Å²) in [5.74, 6) is 0. The molecule has 1 aliphatic heterocycles. The van der Waals surface area contributed by atoms with E-state index >= 15 is 0 Å². The Kier molecular flexibility index (Phi) is 1.91. The van der Waals surface area contributed by atoms with Crippen LogP contribution in [0.2, 0.25) is 0 Å². The van der Waals surface area contributed by atoms with Crippen LogP contribution in [0.5, 0.6) is 0 Å². The first-order valence-electron chi connectivity index (χ1n) is 5.20. The zero-order valence-electron chi connectivity index (χ0n) is 8.43. The molecule has 2 nitrogen and oxygen atoms in total. The summed E-state index contributed by atoms with van der Waals surface area (Å²) in [6.45, 7) is 1.07. The van der Waals surface area contributed by atoms with Crippen LogP contribution in [0.4, 0.5) is 11.4 Å². The van der Waals surface area contributed by atoms with Crippen molar-refractivity contribution >= 4 is 11.4 Å². The number of hydrogen-bond acceptors (Lipinski definition) is 2. The van der Waals surface area contributed by atoms with E-state index in [9.17, 15) is 0 Å². The van der Waals surface area contributed by atoms with E-state index in [0.29, 0.717) is 0 Å². The van der Waals surface area contributed by atoms with E-state index in [1.165, 1.54) is 16.9 Å². The van der Waals surface area contributed by atoms with Gasteiger partial charge in [0, 0.05) is 30.3 Å². The smallest absolute Gasteiger partial charge is 0.0444 e. The molecule has 2 heterocycles. The number of para-hydroxylation sites is 1. The highest BCUT2D eigenvalue weighted by atomic mass is 15.2. The van der Waals surface area contributed by atoms with Crippen LogP contribution in [-0.4, -0.2) is 11.5 Å². The normalized spacial score (nSPS) is 14.0. The first kappa shape index (κ1) is 8.48. The summed E-state index contributed by atoms with van der Waals surface area (Å²) in [4.78, 5) is 6.39. The van der Waals surface area contributed by atoms with Gasteiger partial charge in [0.1, 0.15) is 0 Å². The van der Waals surface area contributed by atoms with Crippen LogP contribution in [0.3, 0.4) is 0 Å². The molecule has 0 spiro atoms. The maximum atomic E-state index is 4.05. The van der Waals surface area contributed by atoms with Crippen molar-refractivity contribution in [3.63, 3.8) is 0 Å². The molecular formula is C13H12N2. The van der Waals surface area contributed by atoms with Gasteiger partial charge in [-0.15, -0.1) is 0 Å². The molecule has 1 aromatic heterocycles. The van der Waals surface area contributed by atoms with Crippen molar-refractivity contribution in [1.82, 2.24) is 4.98 Å². The monoisotopic (exact) mass is 196 g/mol. The zero-order valence-corrected chi connectivity index (χ0v) is 8.43. The number of fused-ring (bicyclic) bond motifs is 1. The molecular weight excluding hydrogens is 184 g/mol. The van der Waals surface area contributed by atoms with Crippen LogP contribution in [0.15, 0.2) is 48.8 Å². The van der Waals surface area contributed by atoms with Gasteiger partial charge in [-0.1, -0.05) is 18.2 Å². The Balaban J connectivity index is 2.05. The maximum absolute atomic E-state index is 4.05. The second-order valence-electron chi connectivity index (χ2n) is 3.74. The predicted molar refractivity (Wildman–Crippen MR) is 61.4 cm³/mol. The minimum Gasteiger partial charge on any atom is -0.341 e. The molecule has 0 unspecified atom stereocenters. The van der Waals surface area contributed by atoms with E-state index in [-0.39, 0.29) is 0 Å². The Morgan fingerprint density at radius 3 is 2.67 bits per heavy atom. The van der Waals surface area contributed by atoms with Gasteiger partial charge in [0.25, 0.3) is 0 Å². The first-order valence-corrected chi connectivity index (χ1v) is 5.20.